The quantitative estimate of drug-likeness (QED) is 0.501. The predicted molar refractivity (Wildman–Crippen MR) is 128 cm³/mol. The second-order valence-electron chi connectivity index (χ2n) is 9.69. The van der Waals surface area contributed by atoms with Crippen LogP contribution in [0.25, 0.3) is 0 Å². The summed E-state index contributed by atoms with van der Waals surface area (Å²) in [4.78, 5) is 25.9. The zero-order chi connectivity index (χ0) is 24.2. The Bertz CT molecular complexity index is 1090. The van der Waals surface area contributed by atoms with E-state index in [1.54, 1.807) is 4.90 Å². The fraction of sp³-hybridized carbons (Fsp3) is 0.450. The molecule has 0 saturated heterocycles. The molecule has 1 atom stereocenters. The SMILES string of the molecule is BC(B)(B)N1C(=O)[C@H](C)N(C)c2nc(N[C@H]3C[C@H](Oc4cc(F)c(F)c(F)c4)C3)nc(C)c21. The molecule has 1 fully saturated rings. The van der Waals surface area contributed by atoms with Crippen LogP contribution in [0.3, 0.4) is 0 Å². The molecule has 33 heavy (non-hydrogen) atoms. The van der Waals surface area contributed by atoms with Gasteiger partial charge in [-0.1, -0.05) is 0 Å². The number of hydrogen-bond acceptors (Lipinski definition) is 6. The topological polar surface area (TPSA) is 70.6 Å². The van der Waals surface area contributed by atoms with E-state index in [1.807, 2.05) is 49.3 Å². The summed E-state index contributed by atoms with van der Waals surface area (Å²) in [6.07, 6.45) is 0.875. The number of ether oxygens (including phenoxy) is 1. The summed E-state index contributed by atoms with van der Waals surface area (Å²) in [7, 11) is 7.77. The molecular formula is C20H25B3F3N5O2. The Morgan fingerprint density at radius 1 is 1.15 bits per heavy atom. The van der Waals surface area contributed by atoms with E-state index in [-0.39, 0.29) is 29.8 Å². The molecule has 4 rings (SSSR count). The van der Waals surface area contributed by atoms with E-state index in [1.165, 1.54) is 0 Å². The molecule has 2 aromatic rings. The van der Waals surface area contributed by atoms with Gasteiger partial charge in [0.25, 0.3) is 0 Å². The van der Waals surface area contributed by atoms with Crippen LogP contribution in [0.2, 0.25) is 0 Å². The molecule has 2 heterocycles. The van der Waals surface area contributed by atoms with Crippen molar-refractivity contribution in [2.75, 3.05) is 22.2 Å². The number of carbonyl (C=O) groups is 1. The first-order valence-electron chi connectivity index (χ1n) is 10.9. The lowest BCUT2D eigenvalue weighted by Crippen LogP contribution is -2.62. The summed E-state index contributed by atoms with van der Waals surface area (Å²) in [5.74, 6) is -3.00. The van der Waals surface area contributed by atoms with Gasteiger partial charge in [0.1, 0.15) is 47.1 Å². The molecule has 2 aliphatic rings. The lowest BCUT2D eigenvalue weighted by Gasteiger charge is -2.46. The van der Waals surface area contributed by atoms with Gasteiger partial charge in [0.15, 0.2) is 23.3 Å². The molecule has 1 aromatic carbocycles. The molecule has 0 radical (unpaired) electrons. The number of benzene rings is 1. The van der Waals surface area contributed by atoms with Gasteiger partial charge >= 0.3 is 0 Å². The van der Waals surface area contributed by atoms with E-state index < -0.39 is 22.7 Å². The lowest BCUT2D eigenvalue weighted by atomic mass is 9.48. The Labute approximate surface area is 193 Å². The third kappa shape index (κ3) is 4.25. The van der Waals surface area contributed by atoms with Gasteiger partial charge in [0, 0.05) is 38.1 Å². The average Bonchev–Trinajstić information content (AvgIpc) is 2.68. The number of nitrogens with zero attached hydrogens (tertiary/aromatic N) is 4. The first kappa shape index (κ1) is 23.3. The molecule has 0 unspecified atom stereocenters. The molecule has 0 spiro atoms. The summed E-state index contributed by atoms with van der Waals surface area (Å²) >= 11 is 0. The molecule has 0 bridgehead atoms. The van der Waals surface area contributed by atoms with Crippen LogP contribution >= 0.6 is 0 Å². The minimum Gasteiger partial charge on any atom is -0.490 e. The fourth-order valence-corrected chi connectivity index (χ4v) is 4.19. The Hall–Kier alpha value is -2.85. The number of anilines is 3. The van der Waals surface area contributed by atoms with Crippen LogP contribution in [-0.4, -0.2) is 69.9 Å². The number of carbonyl (C=O) groups excluding carboxylic acids is 1. The van der Waals surface area contributed by atoms with Crippen LogP contribution in [0.1, 0.15) is 25.5 Å². The van der Waals surface area contributed by atoms with Gasteiger partial charge in [0.05, 0.1) is 5.69 Å². The minimum absolute atomic E-state index is 0.00226. The number of halogens is 3. The zero-order valence-electron chi connectivity index (χ0n) is 19.5. The van der Waals surface area contributed by atoms with Crippen LogP contribution in [0, 0.1) is 24.4 Å². The van der Waals surface area contributed by atoms with E-state index in [0.29, 0.717) is 36.0 Å². The maximum Gasteiger partial charge on any atom is 0.248 e. The van der Waals surface area contributed by atoms with Gasteiger partial charge < -0.3 is 19.9 Å². The molecular weight excluding hydrogens is 432 g/mol. The van der Waals surface area contributed by atoms with E-state index in [0.717, 1.165) is 12.1 Å². The van der Waals surface area contributed by atoms with Crippen molar-refractivity contribution in [1.82, 2.24) is 9.97 Å². The first-order chi connectivity index (χ1) is 15.4. The Kier molecular flexibility index (Phi) is 5.78. The van der Waals surface area contributed by atoms with Crippen LogP contribution in [-0.2, 0) is 4.79 Å². The molecule has 7 nitrogen and oxygen atoms in total. The minimum atomic E-state index is -1.51. The number of aryl methyl sites for hydroxylation is 1. The number of amides is 1. The van der Waals surface area contributed by atoms with Crippen molar-refractivity contribution in [3.05, 3.63) is 35.3 Å². The van der Waals surface area contributed by atoms with Gasteiger partial charge in [0.2, 0.25) is 11.9 Å². The maximum atomic E-state index is 13.4. The fourth-order valence-electron chi connectivity index (χ4n) is 4.19. The first-order valence-corrected chi connectivity index (χ1v) is 10.9. The summed E-state index contributed by atoms with van der Waals surface area (Å²) in [6.45, 7) is 3.70. The Morgan fingerprint density at radius 3 is 2.33 bits per heavy atom. The third-order valence-electron chi connectivity index (χ3n) is 6.12. The second kappa shape index (κ2) is 8.18. The van der Waals surface area contributed by atoms with E-state index >= 15 is 0 Å². The molecule has 13 heteroatoms. The highest BCUT2D eigenvalue weighted by Gasteiger charge is 2.41. The smallest absolute Gasteiger partial charge is 0.248 e. The van der Waals surface area contributed by atoms with Crippen molar-refractivity contribution in [2.24, 2.45) is 0 Å². The van der Waals surface area contributed by atoms with E-state index in [9.17, 15) is 18.0 Å². The van der Waals surface area contributed by atoms with Crippen molar-refractivity contribution < 1.29 is 22.7 Å². The lowest BCUT2D eigenvalue weighted by molar-refractivity contribution is -0.119. The van der Waals surface area contributed by atoms with Gasteiger partial charge in [-0.3, -0.25) is 4.79 Å². The largest absolute Gasteiger partial charge is 0.490 e. The van der Waals surface area contributed by atoms with E-state index in [2.05, 4.69) is 10.3 Å². The van der Waals surface area contributed by atoms with Crippen molar-refractivity contribution in [3.8, 4) is 5.75 Å². The summed E-state index contributed by atoms with van der Waals surface area (Å²) in [5, 5.41) is 2.85. The van der Waals surface area contributed by atoms with Gasteiger partial charge in [-0.05, 0) is 19.1 Å². The monoisotopic (exact) mass is 457 g/mol. The molecule has 1 saturated carbocycles. The second-order valence-corrected chi connectivity index (χ2v) is 9.69. The summed E-state index contributed by atoms with van der Waals surface area (Å²) in [5.41, 5.74) is 1.39. The maximum absolute atomic E-state index is 13.4. The molecule has 1 N–H and O–H groups in total. The normalized spacial score (nSPS) is 22.6. The van der Waals surface area contributed by atoms with Crippen LogP contribution in [0.5, 0.6) is 5.75 Å². The number of fused-ring (bicyclic) bond motifs is 1. The molecule has 1 aliphatic carbocycles. The van der Waals surface area contributed by atoms with Crippen LogP contribution in [0.15, 0.2) is 12.1 Å². The molecule has 1 amide bonds. The highest BCUT2D eigenvalue weighted by molar-refractivity contribution is 6.62. The van der Waals surface area contributed by atoms with Gasteiger partial charge in [-0.15, -0.1) is 0 Å². The Balaban J connectivity index is 1.48. The van der Waals surface area contributed by atoms with Crippen LogP contribution < -0.4 is 19.9 Å². The average molecular weight is 457 g/mol. The zero-order valence-corrected chi connectivity index (χ0v) is 19.5. The van der Waals surface area contributed by atoms with Crippen molar-refractivity contribution in [3.63, 3.8) is 0 Å². The standard InChI is InChI=1S/C20H25B3F3N5O2/c1-8-16-17(30(3)9(2)18(32)31(16)20(21,22)23)29-19(27-8)28-10-4-11(5-10)33-12-6-13(24)15(26)14(25)7-12/h6-7,9-11H,4-5,21-23H2,1-3H3,(H,27,28,29)/t9-,10-,11-/m0/s1. The van der Waals surface area contributed by atoms with Crippen LogP contribution in [0.4, 0.5) is 30.6 Å². The number of nitrogens with one attached hydrogen (secondary N) is 1. The molecule has 1 aromatic heterocycles. The van der Waals surface area contributed by atoms with Gasteiger partial charge in [-0.2, -0.15) is 4.98 Å². The number of likely N-dealkylation sites (N-methyl/N-ethyl adjacent to an activating group) is 1. The van der Waals surface area contributed by atoms with Crippen molar-refractivity contribution in [1.29, 1.82) is 0 Å². The summed E-state index contributed by atoms with van der Waals surface area (Å²) in [6, 6.07) is 1.33. The highest BCUT2D eigenvalue weighted by atomic mass is 19.2. The highest BCUT2D eigenvalue weighted by Crippen LogP contribution is 2.39. The molecule has 1 aliphatic heterocycles. The number of aromatic nitrogens is 2. The predicted octanol–water partition coefficient (Wildman–Crippen LogP) is -0.0939. The van der Waals surface area contributed by atoms with E-state index in [4.69, 9.17) is 9.72 Å². The van der Waals surface area contributed by atoms with Crippen molar-refractivity contribution in [2.45, 2.75) is 50.1 Å². The number of rotatable bonds is 5. The van der Waals surface area contributed by atoms with Crippen molar-refractivity contribution >= 4 is 46.9 Å². The molecule has 172 valence electrons. The number of hydrogen-bond donors (Lipinski definition) is 1. The Morgan fingerprint density at radius 2 is 1.76 bits per heavy atom. The van der Waals surface area contributed by atoms with Gasteiger partial charge in [-0.25, -0.2) is 18.2 Å². The third-order valence-corrected chi connectivity index (χ3v) is 6.12. The summed E-state index contributed by atoms with van der Waals surface area (Å²) < 4.78 is 45.4.